The minimum Gasteiger partial charge on any atom is -0.370 e. The first-order valence-electron chi connectivity index (χ1n) is 10.8. The van der Waals surface area contributed by atoms with Crippen molar-refractivity contribution in [2.24, 2.45) is 5.73 Å². The average molecular weight is 471 g/mol. The summed E-state index contributed by atoms with van der Waals surface area (Å²) in [6.45, 7) is 1.12. The summed E-state index contributed by atoms with van der Waals surface area (Å²) >= 11 is 0. The second kappa shape index (κ2) is 8.12. The van der Waals surface area contributed by atoms with Crippen LogP contribution in [-0.4, -0.2) is 46.4 Å². The molecule has 1 aromatic heterocycles. The molecule has 0 spiro atoms. The number of aromatic nitrogens is 2. The highest BCUT2D eigenvalue weighted by Gasteiger charge is 2.40. The molecule has 2 unspecified atom stereocenters. The molecule has 1 aliphatic carbocycles. The maximum Gasteiger partial charge on any atom is 0.256 e. The third-order valence-electron chi connectivity index (χ3n) is 6.87. The lowest BCUT2D eigenvalue weighted by atomic mass is 9.93. The number of fused-ring (bicyclic) bond motifs is 1. The summed E-state index contributed by atoms with van der Waals surface area (Å²) in [6.07, 6.45) is 4.31. The van der Waals surface area contributed by atoms with E-state index < -0.39 is 44.9 Å². The Kier molecular flexibility index (Phi) is 5.55. The van der Waals surface area contributed by atoms with Crippen LogP contribution in [0.15, 0.2) is 18.3 Å². The van der Waals surface area contributed by atoms with E-state index >= 15 is 0 Å². The molecular weight excluding hydrogens is 445 g/mol. The maximum atomic E-state index is 14.2. The highest BCUT2D eigenvalue weighted by Crippen LogP contribution is 2.35. The molecule has 1 saturated heterocycles. The molecule has 2 N–H and O–H groups in total. The molecule has 11 heteroatoms. The summed E-state index contributed by atoms with van der Waals surface area (Å²) in [5.74, 6) is -3.30. The highest BCUT2D eigenvalue weighted by atomic mass is 32.2. The van der Waals surface area contributed by atoms with Crippen molar-refractivity contribution in [1.82, 2.24) is 14.1 Å². The third-order valence-corrected chi connectivity index (χ3v) is 8.99. The van der Waals surface area contributed by atoms with Gasteiger partial charge in [0.15, 0.2) is 11.6 Å². The number of hydrogen-bond acceptors (Lipinski definition) is 6. The summed E-state index contributed by atoms with van der Waals surface area (Å²) in [7, 11) is -3.53. The van der Waals surface area contributed by atoms with E-state index in [4.69, 9.17) is 10.5 Å². The van der Waals surface area contributed by atoms with Crippen LogP contribution in [0.25, 0.3) is 0 Å². The molecule has 0 amide bonds. The lowest BCUT2D eigenvalue weighted by Crippen LogP contribution is -2.48. The van der Waals surface area contributed by atoms with Crippen molar-refractivity contribution in [3.05, 3.63) is 52.6 Å². The van der Waals surface area contributed by atoms with E-state index in [1.165, 1.54) is 4.09 Å². The zero-order valence-electron chi connectivity index (χ0n) is 17.4. The Labute approximate surface area is 184 Å². The Balaban J connectivity index is 1.29. The van der Waals surface area contributed by atoms with E-state index in [0.29, 0.717) is 44.1 Å². The number of halogens is 3. The lowest BCUT2D eigenvalue weighted by molar-refractivity contribution is -0.0534. The van der Waals surface area contributed by atoms with Crippen molar-refractivity contribution in [3.63, 3.8) is 0 Å². The van der Waals surface area contributed by atoms with Crippen LogP contribution < -0.4 is 5.73 Å². The predicted octanol–water partition coefficient (Wildman–Crippen LogP) is 2.59. The Bertz CT molecular complexity index is 1130. The quantitative estimate of drug-likeness (QED) is 0.691. The molecule has 7 nitrogen and oxygen atoms in total. The van der Waals surface area contributed by atoms with Gasteiger partial charge in [-0.15, -0.1) is 0 Å². The first-order chi connectivity index (χ1) is 15.3. The smallest absolute Gasteiger partial charge is 0.256 e. The van der Waals surface area contributed by atoms with Gasteiger partial charge in [-0.2, -0.15) is 9.19 Å². The van der Waals surface area contributed by atoms with Gasteiger partial charge in [0.05, 0.1) is 23.7 Å². The van der Waals surface area contributed by atoms with Crippen LogP contribution in [0.1, 0.15) is 55.0 Å². The maximum absolute atomic E-state index is 14.2. The largest absolute Gasteiger partial charge is 0.370 e. The predicted molar refractivity (Wildman–Crippen MR) is 109 cm³/mol. The molecule has 3 aliphatic rings. The average Bonchev–Trinajstić information content (AvgIpc) is 3.48. The molecule has 3 heterocycles. The van der Waals surface area contributed by atoms with Crippen molar-refractivity contribution in [2.45, 2.75) is 68.6 Å². The number of rotatable bonds is 4. The number of benzene rings is 1. The number of nitrogens with two attached hydrogens (primary N) is 1. The molecule has 2 aliphatic heterocycles. The van der Waals surface area contributed by atoms with E-state index in [1.807, 2.05) is 0 Å². The van der Waals surface area contributed by atoms with Crippen molar-refractivity contribution in [2.75, 3.05) is 6.61 Å². The number of hydrogen-bond donors (Lipinski definition) is 1. The van der Waals surface area contributed by atoms with Crippen LogP contribution in [0.2, 0.25) is 0 Å². The van der Waals surface area contributed by atoms with Gasteiger partial charge in [-0.3, -0.25) is 4.90 Å². The molecule has 1 aromatic carbocycles. The normalized spacial score (nSPS) is 27.2. The third kappa shape index (κ3) is 3.64. The highest BCUT2D eigenvalue weighted by molar-refractivity contribution is 7.90. The standard InChI is InChI=1S/C21H25F3N4O3S/c22-16-7-18(24)17(23)6-15(16)21-19(25)5-13(11-31-21)27-9-12-8-26-28(20(12)10-27)32(29,30)14-3-1-2-4-14/h6-8,13-14,19,21H,1-5,9-11,25H2/t13?,19?,21-/m0/s1. The molecular formula is C21H25F3N4O3S. The van der Waals surface area contributed by atoms with Crippen molar-refractivity contribution in [3.8, 4) is 0 Å². The fourth-order valence-corrected chi connectivity index (χ4v) is 7.00. The molecule has 2 aromatic rings. The van der Waals surface area contributed by atoms with E-state index in [9.17, 15) is 21.6 Å². The van der Waals surface area contributed by atoms with E-state index in [1.54, 1.807) is 6.20 Å². The summed E-state index contributed by atoms with van der Waals surface area (Å²) in [4.78, 5) is 2.07. The van der Waals surface area contributed by atoms with Crippen molar-refractivity contribution < 1.29 is 26.3 Å². The van der Waals surface area contributed by atoms with Gasteiger partial charge in [0.1, 0.15) is 11.9 Å². The van der Waals surface area contributed by atoms with Crippen molar-refractivity contribution in [1.29, 1.82) is 0 Å². The summed E-state index contributed by atoms with van der Waals surface area (Å²) in [6, 6.07) is 0.546. The number of ether oxygens (including phenoxy) is 1. The first-order valence-corrected chi connectivity index (χ1v) is 12.3. The zero-order chi connectivity index (χ0) is 22.6. The minimum atomic E-state index is -3.53. The summed E-state index contributed by atoms with van der Waals surface area (Å²) in [5.41, 5.74) is 7.66. The first kappa shape index (κ1) is 21.9. The molecule has 32 heavy (non-hydrogen) atoms. The van der Waals surface area contributed by atoms with Crippen molar-refractivity contribution >= 4 is 10.0 Å². The van der Waals surface area contributed by atoms with Crippen LogP contribution in [-0.2, 0) is 27.8 Å². The molecule has 174 valence electrons. The summed E-state index contributed by atoms with van der Waals surface area (Å²) < 4.78 is 74.1. The fraction of sp³-hybridized carbons (Fsp3) is 0.571. The fourth-order valence-electron chi connectivity index (χ4n) is 5.13. The van der Waals surface area contributed by atoms with Gasteiger partial charge >= 0.3 is 0 Å². The van der Waals surface area contributed by atoms with Gasteiger partial charge in [0, 0.05) is 42.4 Å². The SMILES string of the molecule is NC1CC(N2Cc3cnn(S(=O)(=O)C4CCCC4)c3C2)CO[C@H]1c1cc(F)c(F)cc1F. The summed E-state index contributed by atoms with van der Waals surface area (Å²) in [5, 5.41) is 3.77. The topological polar surface area (TPSA) is 90.5 Å². The molecule has 1 saturated carbocycles. The monoisotopic (exact) mass is 470 g/mol. The van der Waals surface area contributed by atoms with Crippen LogP contribution in [0, 0.1) is 17.5 Å². The van der Waals surface area contributed by atoms with E-state index in [0.717, 1.165) is 24.5 Å². The minimum absolute atomic E-state index is 0.0992. The van der Waals surface area contributed by atoms with Crippen LogP contribution in [0.3, 0.4) is 0 Å². The number of nitrogens with zero attached hydrogens (tertiary/aromatic N) is 3. The molecule has 2 fully saturated rings. The zero-order valence-corrected chi connectivity index (χ0v) is 18.2. The lowest BCUT2D eigenvalue weighted by Gasteiger charge is -2.38. The van der Waals surface area contributed by atoms with Gasteiger partial charge < -0.3 is 10.5 Å². The van der Waals surface area contributed by atoms with E-state index in [2.05, 4.69) is 10.00 Å². The molecule has 0 bridgehead atoms. The molecule has 0 radical (unpaired) electrons. The second-order valence-corrected chi connectivity index (χ2v) is 11.0. The van der Waals surface area contributed by atoms with Gasteiger partial charge in [-0.1, -0.05) is 12.8 Å². The van der Waals surface area contributed by atoms with Gasteiger partial charge in [-0.25, -0.2) is 21.6 Å². The Morgan fingerprint density at radius 3 is 2.50 bits per heavy atom. The van der Waals surface area contributed by atoms with Crippen LogP contribution in [0.4, 0.5) is 13.2 Å². The molecule has 5 rings (SSSR count). The molecule has 3 atom stereocenters. The van der Waals surface area contributed by atoms with Crippen LogP contribution >= 0.6 is 0 Å². The second-order valence-electron chi connectivity index (χ2n) is 8.91. The van der Waals surface area contributed by atoms with Gasteiger partial charge in [0.2, 0.25) is 0 Å². The van der Waals surface area contributed by atoms with Gasteiger partial charge in [-0.05, 0) is 25.3 Å². The van der Waals surface area contributed by atoms with E-state index in [-0.39, 0.29) is 18.2 Å². The Hall–Kier alpha value is -1.95. The van der Waals surface area contributed by atoms with Gasteiger partial charge in [0.25, 0.3) is 10.0 Å². The van der Waals surface area contributed by atoms with Crippen LogP contribution in [0.5, 0.6) is 0 Å². The Morgan fingerprint density at radius 2 is 1.78 bits per heavy atom. The Morgan fingerprint density at radius 1 is 1.06 bits per heavy atom.